The van der Waals surface area contributed by atoms with Gasteiger partial charge in [-0.2, -0.15) is 0 Å². The fourth-order valence-electron chi connectivity index (χ4n) is 2.94. The van der Waals surface area contributed by atoms with Gasteiger partial charge in [0.1, 0.15) is 0 Å². The Bertz CT molecular complexity index is 1150. The Balaban J connectivity index is 1.24. The monoisotopic (exact) mass is 436 g/mol. The molecule has 0 atom stereocenters. The van der Waals surface area contributed by atoms with Crippen molar-refractivity contribution in [1.29, 1.82) is 0 Å². The van der Waals surface area contributed by atoms with E-state index < -0.39 is 0 Å². The van der Waals surface area contributed by atoms with Crippen molar-refractivity contribution in [2.45, 2.75) is 6.92 Å². The summed E-state index contributed by atoms with van der Waals surface area (Å²) in [6, 6.07) is 15.2. The van der Waals surface area contributed by atoms with Crippen molar-refractivity contribution < 1.29 is 9.59 Å². The van der Waals surface area contributed by atoms with Crippen LogP contribution in [0.5, 0.6) is 0 Å². The second kappa shape index (κ2) is 9.15. The number of thiazole rings is 1. The molecule has 0 spiro atoms. The minimum Gasteiger partial charge on any atom is -0.325 e. The molecule has 4 rings (SSSR count). The maximum absolute atomic E-state index is 12.2. The number of aromatic nitrogens is 2. The van der Waals surface area contributed by atoms with Crippen LogP contribution in [-0.4, -0.2) is 32.7 Å². The van der Waals surface area contributed by atoms with Crippen molar-refractivity contribution in [2.24, 2.45) is 0 Å². The van der Waals surface area contributed by atoms with E-state index in [0.717, 1.165) is 33.2 Å². The van der Waals surface area contributed by atoms with Gasteiger partial charge < -0.3 is 10.6 Å². The lowest BCUT2D eigenvalue weighted by molar-refractivity contribution is -0.114. The van der Waals surface area contributed by atoms with Crippen molar-refractivity contribution in [3.63, 3.8) is 0 Å². The molecule has 2 amide bonds. The van der Waals surface area contributed by atoms with Crippen LogP contribution in [0.1, 0.15) is 5.56 Å². The second-order valence-electron chi connectivity index (χ2n) is 6.75. The van der Waals surface area contributed by atoms with Gasteiger partial charge in [-0.3, -0.25) is 14.0 Å². The summed E-state index contributed by atoms with van der Waals surface area (Å²) in [5.74, 6) is 0.166. The van der Waals surface area contributed by atoms with Crippen molar-refractivity contribution in [2.75, 3.05) is 22.1 Å². The highest BCUT2D eigenvalue weighted by atomic mass is 32.2. The molecular weight excluding hydrogens is 416 g/mol. The number of hydrogen-bond donors (Lipinski definition) is 2. The molecule has 30 heavy (non-hydrogen) atoms. The SMILES string of the molecule is Cc1cccc(NC(=O)CSCC(=O)Nc2ccc(-c3cn4ccsc4n3)cc2)c1. The third kappa shape index (κ3) is 5.08. The molecule has 0 aliphatic heterocycles. The highest BCUT2D eigenvalue weighted by Gasteiger charge is 2.08. The second-order valence-corrected chi connectivity index (χ2v) is 8.61. The van der Waals surface area contributed by atoms with Crippen LogP contribution in [0, 0.1) is 6.92 Å². The van der Waals surface area contributed by atoms with Gasteiger partial charge >= 0.3 is 0 Å². The van der Waals surface area contributed by atoms with E-state index in [0.29, 0.717) is 0 Å². The van der Waals surface area contributed by atoms with Crippen molar-refractivity contribution in [3.8, 4) is 11.3 Å². The van der Waals surface area contributed by atoms with E-state index in [9.17, 15) is 9.59 Å². The van der Waals surface area contributed by atoms with Gasteiger partial charge in [-0.15, -0.1) is 23.1 Å². The van der Waals surface area contributed by atoms with Gasteiger partial charge in [-0.25, -0.2) is 4.98 Å². The number of hydrogen-bond acceptors (Lipinski definition) is 5. The van der Waals surface area contributed by atoms with Gasteiger partial charge in [0.25, 0.3) is 0 Å². The first-order valence-electron chi connectivity index (χ1n) is 9.33. The predicted molar refractivity (Wildman–Crippen MR) is 124 cm³/mol. The molecule has 4 aromatic rings. The molecule has 0 radical (unpaired) electrons. The van der Waals surface area contributed by atoms with Crippen LogP contribution in [-0.2, 0) is 9.59 Å². The number of benzene rings is 2. The lowest BCUT2D eigenvalue weighted by atomic mass is 10.1. The Morgan fingerprint density at radius 3 is 2.47 bits per heavy atom. The molecule has 0 saturated heterocycles. The number of anilines is 2. The largest absolute Gasteiger partial charge is 0.325 e. The number of imidazole rings is 1. The van der Waals surface area contributed by atoms with Crippen molar-refractivity contribution >= 4 is 51.2 Å². The summed E-state index contributed by atoms with van der Waals surface area (Å²) in [4.78, 5) is 29.7. The summed E-state index contributed by atoms with van der Waals surface area (Å²) in [6.07, 6.45) is 3.96. The molecule has 8 heteroatoms. The van der Waals surface area contributed by atoms with E-state index in [1.165, 1.54) is 11.8 Å². The minimum absolute atomic E-state index is 0.122. The summed E-state index contributed by atoms with van der Waals surface area (Å²) >= 11 is 2.87. The fraction of sp³-hybridized carbons (Fsp3) is 0.136. The quantitative estimate of drug-likeness (QED) is 0.441. The highest BCUT2D eigenvalue weighted by Crippen LogP contribution is 2.23. The Kier molecular flexibility index (Phi) is 6.15. The van der Waals surface area contributed by atoms with Crippen LogP contribution in [0.2, 0.25) is 0 Å². The molecule has 0 unspecified atom stereocenters. The van der Waals surface area contributed by atoms with Gasteiger partial charge in [0.15, 0.2) is 4.96 Å². The van der Waals surface area contributed by atoms with Crippen LogP contribution in [0.4, 0.5) is 11.4 Å². The molecule has 0 aliphatic rings. The first-order chi connectivity index (χ1) is 14.6. The van der Waals surface area contributed by atoms with Crippen molar-refractivity contribution in [3.05, 3.63) is 71.9 Å². The standard InChI is InChI=1S/C22H20N4O2S2/c1-15-3-2-4-18(11-15)24-21(28)14-29-13-20(27)23-17-7-5-16(6-8-17)19-12-26-9-10-30-22(26)25-19/h2-12H,13-14H2,1H3,(H,23,27)(H,24,28). The maximum atomic E-state index is 12.2. The van der Waals surface area contributed by atoms with Crippen molar-refractivity contribution in [1.82, 2.24) is 9.38 Å². The van der Waals surface area contributed by atoms with E-state index in [1.807, 2.05) is 77.6 Å². The van der Waals surface area contributed by atoms with Crippen LogP contribution in [0.25, 0.3) is 16.2 Å². The minimum atomic E-state index is -0.140. The zero-order chi connectivity index (χ0) is 20.9. The Hall–Kier alpha value is -3.10. The number of fused-ring (bicyclic) bond motifs is 1. The lowest BCUT2D eigenvalue weighted by Crippen LogP contribution is -2.18. The Labute approximate surface area is 182 Å². The fourth-order valence-corrected chi connectivity index (χ4v) is 4.26. The number of thioether (sulfide) groups is 1. The van der Waals surface area contributed by atoms with E-state index in [1.54, 1.807) is 11.3 Å². The lowest BCUT2D eigenvalue weighted by Gasteiger charge is -2.07. The predicted octanol–water partition coefficient (Wildman–Crippen LogP) is 4.68. The topological polar surface area (TPSA) is 75.5 Å². The van der Waals surface area contributed by atoms with E-state index in [2.05, 4.69) is 15.6 Å². The average Bonchev–Trinajstić information content (AvgIpc) is 3.31. The molecule has 0 saturated carbocycles. The molecule has 6 nitrogen and oxygen atoms in total. The van der Waals surface area contributed by atoms with E-state index in [-0.39, 0.29) is 23.3 Å². The molecule has 0 bridgehead atoms. The molecule has 0 fully saturated rings. The molecule has 0 aliphatic carbocycles. The first-order valence-corrected chi connectivity index (χ1v) is 11.4. The number of nitrogens with one attached hydrogen (secondary N) is 2. The zero-order valence-electron chi connectivity index (χ0n) is 16.3. The third-order valence-corrected chi connectivity index (χ3v) is 6.03. The zero-order valence-corrected chi connectivity index (χ0v) is 17.9. The van der Waals surface area contributed by atoms with Crippen LogP contribution in [0.3, 0.4) is 0 Å². The molecule has 2 N–H and O–H groups in total. The maximum Gasteiger partial charge on any atom is 0.234 e. The summed E-state index contributed by atoms with van der Waals surface area (Å²) in [5, 5.41) is 7.69. The van der Waals surface area contributed by atoms with E-state index >= 15 is 0 Å². The smallest absolute Gasteiger partial charge is 0.234 e. The number of carbonyl (C=O) groups is 2. The van der Waals surface area contributed by atoms with Gasteiger partial charge in [-0.1, -0.05) is 24.3 Å². The van der Waals surface area contributed by atoms with Gasteiger partial charge in [-0.05, 0) is 36.8 Å². The summed E-state index contributed by atoms with van der Waals surface area (Å²) < 4.78 is 1.99. The summed E-state index contributed by atoms with van der Waals surface area (Å²) in [6.45, 7) is 1.97. The van der Waals surface area contributed by atoms with Gasteiger partial charge in [0.05, 0.1) is 17.2 Å². The first kappa shape index (κ1) is 20.2. The molecule has 2 aromatic carbocycles. The molecule has 152 valence electrons. The Morgan fingerprint density at radius 2 is 1.77 bits per heavy atom. The number of aryl methyl sites for hydroxylation is 1. The molecule has 2 aromatic heterocycles. The number of rotatable bonds is 7. The molecule has 2 heterocycles. The van der Waals surface area contributed by atoms with Crippen LogP contribution < -0.4 is 10.6 Å². The Morgan fingerprint density at radius 1 is 1.03 bits per heavy atom. The number of carbonyl (C=O) groups excluding carboxylic acids is 2. The third-order valence-electron chi connectivity index (χ3n) is 4.33. The highest BCUT2D eigenvalue weighted by molar-refractivity contribution is 8.00. The van der Waals surface area contributed by atoms with Crippen LogP contribution in [0.15, 0.2) is 66.3 Å². The molecular formula is C22H20N4O2S2. The summed E-state index contributed by atoms with van der Waals surface area (Å²) in [7, 11) is 0. The number of nitrogens with zero attached hydrogens (tertiary/aromatic N) is 2. The van der Waals surface area contributed by atoms with Crippen LogP contribution >= 0.6 is 23.1 Å². The average molecular weight is 437 g/mol. The van der Waals surface area contributed by atoms with Gasteiger partial charge in [0, 0.05) is 34.7 Å². The normalized spacial score (nSPS) is 10.8. The summed E-state index contributed by atoms with van der Waals surface area (Å²) in [5.41, 5.74) is 4.46. The number of amides is 2. The van der Waals surface area contributed by atoms with Gasteiger partial charge in [0.2, 0.25) is 11.8 Å². The van der Waals surface area contributed by atoms with E-state index in [4.69, 9.17) is 0 Å².